The van der Waals surface area contributed by atoms with E-state index in [0.29, 0.717) is 17.5 Å². The largest absolute Gasteiger partial charge is 0.444 e. The summed E-state index contributed by atoms with van der Waals surface area (Å²) in [5.74, 6) is 0.531. The highest BCUT2D eigenvalue weighted by molar-refractivity contribution is 6.30. The second kappa shape index (κ2) is 11.1. The first kappa shape index (κ1) is 24.5. The molecule has 0 saturated carbocycles. The maximum absolute atomic E-state index is 11.9. The van der Waals surface area contributed by atoms with Gasteiger partial charge in [0.1, 0.15) is 5.60 Å². The number of carbonyl (C=O) groups excluding carboxylic acids is 1. The van der Waals surface area contributed by atoms with Crippen LogP contribution in [0.2, 0.25) is 5.02 Å². The number of aromatic nitrogens is 3. The van der Waals surface area contributed by atoms with E-state index < -0.39 is 11.7 Å². The number of nitrogens with zero attached hydrogens (tertiary/aromatic N) is 3. The van der Waals surface area contributed by atoms with Crippen LogP contribution >= 0.6 is 11.6 Å². The van der Waals surface area contributed by atoms with Crippen LogP contribution in [0.5, 0.6) is 0 Å². The van der Waals surface area contributed by atoms with Gasteiger partial charge in [-0.1, -0.05) is 35.9 Å². The highest BCUT2D eigenvalue weighted by Crippen LogP contribution is 2.14. The Morgan fingerprint density at radius 2 is 1.70 bits per heavy atom. The molecule has 2 N–H and O–H groups in total. The zero-order valence-electron chi connectivity index (χ0n) is 19.4. The summed E-state index contributed by atoms with van der Waals surface area (Å²) < 4.78 is 5.31. The monoisotopic (exact) mass is 467 g/mol. The summed E-state index contributed by atoms with van der Waals surface area (Å²) >= 11 is 5.82. The van der Waals surface area contributed by atoms with E-state index in [1.165, 1.54) is 5.56 Å². The summed E-state index contributed by atoms with van der Waals surface area (Å²) in [4.78, 5) is 24.7. The summed E-state index contributed by atoms with van der Waals surface area (Å²) in [7, 11) is 0. The van der Waals surface area contributed by atoms with Gasteiger partial charge in [-0.05, 0) is 62.9 Å². The van der Waals surface area contributed by atoms with E-state index in [0.717, 1.165) is 29.7 Å². The smallest absolute Gasteiger partial charge is 0.407 e. The van der Waals surface area contributed by atoms with Gasteiger partial charge in [0.25, 0.3) is 0 Å². The molecule has 3 aromatic rings. The fourth-order valence-electron chi connectivity index (χ4n) is 3.24. The van der Waals surface area contributed by atoms with Gasteiger partial charge in [-0.15, -0.1) is 0 Å². The maximum atomic E-state index is 11.9. The van der Waals surface area contributed by atoms with Crippen LogP contribution in [-0.2, 0) is 24.1 Å². The van der Waals surface area contributed by atoms with Crippen molar-refractivity contribution >= 4 is 23.6 Å². The molecule has 0 aliphatic heterocycles. The minimum Gasteiger partial charge on any atom is -0.444 e. The standard InChI is InChI=1S/C25H30ClN5O2/c1-17(31-24(32)33-25(2,3)4)11-18-5-7-19(8-6-18)12-22-13-20(9-10-27-22)14-28-23-29-15-21(26)16-30-23/h5-10,13,15-17H,11-12,14H2,1-4H3,(H,31,32)(H,28,29,30). The summed E-state index contributed by atoms with van der Waals surface area (Å²) in [5, 5.41) is 6.57. The van der Waals surface area contributed by atoms with Crippen LogP contribution in [0.25, 0.3) is 0 Å². The molecule has 0 bridgehead atoms. The Kier molecular flexibility index (Phi) is 8.22. The van der Waals surface area contributed by atoms with Gasteiger partial charge in [0.15, 0.2) is 0 Å². The average molecular weight is 468 g/mol. The van der Waals surface area contributed by atoms with Crippen molar-refractivity contribution in [2.75, 3.05) is 5.32 Å². The molecular weight excluding hydrogens is 438 g/mol. The Morgan fingerprint density at radius 3 is 2.36 bits per heavy atom. The van der Waals surface area contributed by atoms with Gasteiger partial charge in [-0.25, -0.2) is 14.8 Å². The molecule has 1 amide bonds. The molecule has 1 aromatic carbocycles. The molecule has 0 saturated heterocycles. The fraction of sp³-hybridized carbons (Fsp3) is 0.360. The van der Waals surface area contributed by atoms with E-state index in [2.05, 4.69) is 55.9 Å². The number of hydrogen-bond acceptors (Lipinski definition) is 6. The molecule has 7 nitrogen and oxygen atoms in total. The third-order valence-corrected chi connectivity index (χ3v) is 4.86. The topological polar surface area (TPSA) is 89.0 Å². The number of benzene rings is 1. The lowest BCUT2D eigenvalue weighted by Gasteiger charge is -2.22. The lowest BCUT2D eigenvalue weighted by atomic mass is 10.0. The Labute approximate surface area is 200 Å². The van der Waals surface area contributed by atoms with Gasteiger partial charge in [-0.3, -0.25) is 4.98 Å². The number of alkyl carbamates (subject to hydrolysis) is 1. The van der Waals surface area contributed by atoms with Gasteiger partial charge in [-0.2, -0.15) is 0 Å². The van der Waals surface area contributed by atoms with Crippen molar-refractivity contribution in [3.63, 3.8) is 0 Å². The number of nitrogens with one attached hydrogen (secondary N) is 2. The maximum Gasteiger partial charge on any atom is 0.407 e. The van der Waals surface area contributed by atoms with Crippen molar-refractivity contribution in [2.45, 2.75) is 58.7 Å². The van der Waals surface area contributed by atoms with Gasteiger partial charge in [0.05, 0.1) is 17.4 Å². The molecule has 0 aliphatic carbocycles. The lowest BCUT2D eigenvalue weighted by molar-refractivity contribution is 0.0508. The highest BCUT2D eigenvalue weighted by Gasteiger charge is 2.17. The van der Waals surface area contributed by atoms with Crippen LogP contribution in [-0.4, -0.2) is 32.7 Å². The predicted molar refractivity (Wildman–Crippen MR) is 130 cm³/mol. The highest BCUT2D eigenvalue weighted by atomic mass is 35.5. The molecule has 8 heteroatoms. The van der Waals surface area contributed by atoms with Crippen LogP contribution < -0.4 is 10.6 Å². The quantitative estimate of drug-likeness (QED) is 0.474. The fourth-order valence-corrected chi connectivity index (χ4v) is 3.33. The van der Waals surface area contributed by atoms with Crippen molar-refractivity contribution in [3.8, 4) is 0 Å². The Balaban J connectivity index is 1.51. The zero-order valence-corrected chi connectivity index (χ0v) is 20.2. The number of halogens is 1. The summed E-state index contributed by atoms with van der Waals surface area (Å²) in [6.45, 7) is 8.12. The average Bonchev–Trinajstić information content (AvgIpc) is 2.73. The second-order valence-electron chi connectivity index (χ2n) is 8.98. The molecule has 0 spiro atoms. The molecule has 2 heterocycles. The molecule has 1 unspecified atom stereocenters. The molecule has 0 radical (unpaired) electrons. The minimum absolute atomic E-state index is 0.0267. The first-order chi connectivity index (χ1) is 15.7. The van der Waals surface area contributed by atoms with Crippen molar-refractivity contribution in [3.05, 3.63) is 82.4 Å². The summed E-state index contributed by atoms with van der Waals surface area (Å²) in [6, 6.07) is 12.4. The molecule has 2 aromatic heterocycles. The normalized spacial score (nSPS) is 12.2. The number of amides is 1. The van der Waals surface area contributed by atoms with E-state index >= 15 is 0 Å². The minimum atomic E-state index is -0.503. The molecule has 1 atom stereocenters. The van der Waals surface area contributed by atoms with E-state index in [4.69, 9.17) is 16.3 Å². The number of anilines is 1. The Morgan fingerprint density at radius 1 is 1.03 bits per heavy atom. The Bertz CT molecular complexity index is 1050. The number of ether oxygens (including phenoxy) is 1. The number of pyridine rings is 1. The molecule has 0 fully saturated rings. The van der Waals surface area contributed by atoms with Gasteiger partial charge in [0, 0.05) is 30.9 Å². The van der Waals surface area contributed by atoms with Crippen LogP contribution in [0.15, 0.2) is 55.0 Å². The number of rotatable bonds is 8. The zero-order chi connectivity index (χ0) is 23.8. The molecular formula is C25H30ClN5O2. The van der Waals surface area contributed by atoms with Crippen LogP contribution in [0.3, 0.4) is 0 Å². The van der Waals surface area contributed by atoms with Crippen molar-refractivity contribution in [2.24, 2.45) is 0 Å². The molecule has 0 aliphatic rings. The summed E-state index contributed by atoms with van der Waals surface area (Å²) in [6.07, 6.45) is 6.01. The number of hydrogen-bond donors (Lipinski definition) is 2. The van der Waals surface area contributed by atoms with E-state index in [-0.39, 0.29) is 6.04 Å². The SMILES string of the molecule is CC(Cc1ccc(Cc2cc(CNc3ncc(Cl)cn3)ccn2)cc1)NC(=O)OC(C)(C)C. The van der Waals surface area contributed by atoms with E-state index in [1.807, 2.05) is 40.0 Å². The molecule has 174 valence electrons. The lowest BCUT2D eigenvalue weighted by Crippen LogP contribution is -2.38. The second-order valence-corrected chi connectivity index (χ2v) is 9.41. The van der Waals surface area contributed by atoms with Crippen LogP contribution in [0.4, 0.5) is 10.7 Å². The van der Waals surface area contributed by atoms with Gasteiger partial charge >= 0.3 is 6.09 Å². The van der Waals surface area contributed by atoms with E-state index in [9.17, 15) is 4.79 Å². The molecule has 3 rings (SSSR count). The molecule has 33 heavy (non-hydrogen) atoms. The number of carbonyl (C=O) groups is 1. The van der Waals surface area contributed by atoms with Crippen molar-refractivity contribution in [1.82, 2.24) is 20.3 Å². The van der Waals surface area contributed by atoms with Crippen LogP contribution in [0.1, 0.15) is 50.1 Å². The van der Waals surface area contributed by atoms with Crippen molar-refractivity contribution in [1.29, 1.82) is 0 Å². The first-order valence-electron chi connectivity index (χ1n) is 10.9. The van der Waals surface area contributed by atoms with E-state index in [1.54, 1.807) is 12.4 Å². The third-order valence-electron chi connectivity index (χ3n) is 4.67. The van der Waals surface area contributed by atoms with Gasteiger partial charge < -0.3 is 15.4 Å². The third kappa shape index (κ3) is 8.69. The van der Waals surface area contributed by atoms with Crippen molar-refractivity contribution < 1.29 is 9.53 Å². The Hall–Kier alpha value is -3.19. The van der Waals surface area contributed by atoms with Crippen LogP contribution in [0, 0.1) is 0 Å². The first-order valence-corrected chi connectivity index (χ1v) is 11.3. The predicted octanol–water partition coefficient (Wildman–Crippen LogP) is 5.18. The summed E-state index contributed by atoms with van der Waals surface area (Å²) in [5.41, 5.74) is 3.90. The van der Waals surface area contributed by atoms with Gasteiger partial charge in [0.2, 0.25) is 5.95 Å².